The highest BCUT2D eigenvalue weighted by Gasteiger charge is 2.15. The van der Waals surface area contributed by atoms with Crippen LogP contribution in [0.3, 0.4) is 0 Å². The second kappa shape index (κ2) is 5.53. The van der Waals surface area contributed by atoms with E-state index in [4.69, 9.17) is 16.7 Å². The summed E-state index contributed by atoms with van der Waals surface area (Å²) in [5, 5.41) is 9.85. The Morgan fingerprint density at radius 2 is 1.90 bits per heavy atom. The summed E-state index contributed by atoms with van der Waals surface area (Å²) in [6.07, 6.45) is 0. The number of benzene rings is 1. The number of thiophene rings is 1. The molecule has 0 unspecified atom stereocenters. The molecule has 0 atom stereocenters. The lowest BCUT2D eigenvalue weighted by molar-refractivity contribution is 0.103. The predicted octanol–water partition coefficient (Wildman–Crippen LogP) is 2.61. The van der Waals surface area contributed by atoms with Gasteiger partial charge in [0.1, 0.15) is 4.88 Å². The minimum absolute atomic E-state index is 0.0134. The molecule has 106 valence electrons. The molecule has 0 fully saturated rings. The first-order chi connectivity index (χ1) is 9.29. The first-order valence-electron chi connectivity index (χ1n) is 5.47. The topological polar surface area (TPSA) is 89.3 Å². The van der Waals surface area contributed by atoms with E-state index in [1.807, 2.05) is 6.92 Å². The van der Waals surface area contributed by atoms with Crippen molar-refractivity contribution in [3.05, 3.63) is 45.1 Å². The van der Waals surface area contributed by atoms with Gasteiger partial charge in [0.25, 0.3) is 5.91 Å². The Hall–Kier alpha value is -1.41. The van der Waals surface area contributed by atoms with Crippen molar-refractivity contribution in [1.29, 1.82) is 0 Å². The number of hydrogen-bond donors (Lipinski definition) is 2. The van der Waals surface area contributed by atoms with Gasteiger partial charge < -0.3 is 5.32 Å². The van der Waals surface area contributed by atoms with Crippen LogP contribution in [0.4, 0.5) is 5.69 Å². The summed E-state index contributed by atoms with van der Waals surface area (Å²) in [4.78, 5) is 12.4. The van der Waals surface area contributed by atoms with E-state index in [0.717, 1.165) is 5.56 Å². The van der Waals surface area contributed by atoms with Gasteiger partial charge in [0, 0.05) is 5.69 Å². The van der Waals surface area contributed by atoms with Crippen molar-refractivity contribution in [3.63, 3.8) is 0 Å². The minimum atomic E-state index is -3.74. The molecule has 2 rings (SSSR count). The van der Waals surface area contributed by atoms with E-state index in [2.05, 4.69) is 5.32 Å². The first kappa shape index (κ1) is 15.0. The molecule has 0 saturated heterocycles. The summed E-state index contributed by atoms with van der Waals surface area (Å²) < 4.78 is 22.2. The van der Waals surface area contributed by atoms with E-state index in [-0.39, 0.29) is 10.8 Å². The van der Waals surface area contributed by atoms with Gasteiger partial charge in [0.05, 0.1) is 9.92 Å². The number of hydrogen-bond acceptors (Lipinski definition) is 4. The molecule has 2 aromatic rings. The molecular formula is C12H11ClN2O3S2. The molecule has 3 N–H and O–H groups in total. The Morgan fingerprint density at radius 3 is 2.35 bits per heavy atom. The molecule has 1 amide bonds. The molecule has 0 bridgehead atoms. The third-order valence-corrected chi connectivity index (χ3v) is 5.17. The summed E-state index contributed by atoms with van der Waals surface area (Å²) in [5.74, 6) is -0.337. The van der Waals surface area contributed by atoms with Crippen molar-refractivity contribution in [3.8, 4) is 0 Å². The van der Waals surface area contributed by atoms with Crippen molar-refractivity contribution in [2.75, 3.05) is 5.32 Å². The maximum atomic E-state index is 12.0. The summed E-state index contributed by atoms with van der Waals surface area (Å²) >= 11 is 7.26. The van der Waals surface area contributed by atoms with Crippen molar-refractivity contribution >= 4 is 44.6 Å². The lowest BCUT2D eigenvalue weighted by atomic mass is 10.3. The number of aryl methyl sites for hydroxylation is 1. The molecule has 0 aliphatic heterocycles. The second-order valence-corrected chi connectivity index (χ2v) is 6.90. The maximum Gasteiger partial charge on any atom is 0.267 e. The van der Waals surface area contributed by atoms with Crippen LogP contribution in [0, 0.1) is 6.92 Å². The van der Waals surface area contributed by atoms with Crippen LogP contribution in [-0.2, 0) is 10.0 Å². The van der Waals surface area contributed by atoms with Crippen LogP contribution in [-0.4, -0.2) is 14.3 Å². The van der Waals surface area contributed by atoms with E-state index >= 15 is 0 Å². The zero-order valence-corrected chi connectivity index (χ0v) is 12.8. The SMILES string of the molecule is Cc1csc(C(=O)Nc2ccc(S(N)(=O)=O)cc2)c1Cl. The Balaban J connectivity index is 2.19. The number of carbonyl (C=O) groups excluding carboxylic acids is 1. The molecule has 0 spiro atoms. The highest BCUT2D eigenvalue weighted by molar-refractivity contribution is 7.89. The number of halogens is 1. The zero-order valence-electron chi connectivity index (χ0n) is 10.4. The van der Waals surface area contributed by atoms with Crippen LogP contribution in [0.25, 0.3) is 0 Å². The zero-order chi connectivity index (χ0) is 14.9. The minimum Gasteiger partial charge on any atom is -0.321 e. The Kier molecular flexibility index (Phi) is 4.14. The quantitative estimate of drug-likeness (QED) is 0.906. The highest BCUT2D eigenvalue weighted by Crippen LogP contribution is 2.28. The van der Waals surface area contributed by atoms with Gasteiger partial charge in [0.15, 0.2) is 0 Å². The van der Waals surface area contributed by atoms with Crippen molar-refractivity contribution in [2.45, 2.75) is 11.8 Å². The fourth-order valence-corrected chi connectivity index (χ4v) is 3.19. The second-order valence-electron chi connectivity index (χ2n) is 4.09. The van der Waals surface area contributed by atoms with Crippen LogP contribution < -0.4 is 10.5 Å². The average molecular weight is 331 g/mol. The number of carbonyl (C=O) groups is 1. The third kappa shape index (κ3) is 3.18. The van der Waals surface area contributed by atoms with Gasteiger partial charge in [-0.3, -0.25) is 4.79 Å². The molecule has 20 heavy (non-hydrogen) atoms. The monoisotopic (exact) mass is 330 g/mol. The largest absolute Gasteiger partial charge is 0.321 e. The van der Waals surface area contributed by atoms with Crippen LogP contribution >= 0.6 is 22.9 Å². The van der Waals surface area contributed by atoms with Gasteiger partial charge in [-0.05, 0) is 42.1 Å². The molecule has 0 aliphatic rings. The number of rotatable bonds is 3. The molecule has 0 radical (unpaired) electrons. The Morgan fingerprint density at radius 1 is 1.30 bits per heavy atom. The number of nitrogens with one attached hydrogen (secondary N) is 1. The van der Waals surface area contributed by atoms with E-state index in [9.17, 15) is 13.2 Å². The van der Waals surface area contributed by atoms with Crippen LogP contribution in [0.2, 0.25) is 5.02 Å². The molecular weight excluding hydrogens is 320 g/mol. The molecule has 5 nitrogen and oxygen atoms in total. The predicted molar refractivity (Wildman–Crippen MR) is 79.8 cm³/mol. The van der Waals surface area contributed by atoms with Gasteiger partial charge >= 0.3 is 0 Å². The smallest absolute Gasteiger partial charge is 0.267 e. The van der Waals surface area contributed by atoms with Crippen molar-refractivity contribution in [2.24, 2.45) is 5.14 Å². The van der Waals surface area contributed by atoms with Crippen molar-refractivity contribution < 1.29 is 13.2 Å². The first-order valence-corrected chi connectivity index (χ1v) is 8.27. The van der Waals surface area contributed by atoms with Gasteiger partial charge in [-0.2, -0.15) is 0 Å². The lowest BCUT2D eigenvalue weighted by Crippen LogP contribution is -2.13. The summed E-state index contributed by atoms with van der Waals surface area (Å²) in [7, 11) is -3.74. The van der Waals surface area contributed by atoms with E-state index in [1.165, 1.54) is 35.6 Å². The van der Waals surface area contributed by atoms with Gasteiger partial charge in [-0.25, -0.2) is 13.6 Å². The molecule has 0 saturated carbocycles. The normalized spacial score (nSPS) is 11.3. The third-order valence-electron chi connectivity index (χ3n) is 2.55. The Bertz CT molecular complexity index is 752. The highest BCUT2D eigenvalue weighted by atomic mass is 35.5. The summed E-state index contributed by atoms with van der Waals surface area (Å²) in [6, 6.07) is 5.58. The van der Waals surface area contributed by atoms with Gasteiger partial charge in [0.2, 0.25) is 10.0 Å². The number of primary sulfonamides is 1. The fourth-order valence-electron chi connectivity index (χ4n) is 1.50. The van der Waals surface area contributed by atoms with Crippen LogP contribution in [0.15, 0.2) is 34.5 Å². The number of anilines is 1. The standard InChI is InChI=1S/C12H11ClN2O3S2/c1-7-6-19-11(10(7)13)12(16)15-8-2-4-9(5-3-8)20(14,17)18/h2-6H,1H3,(H,15,16)(H2,14,17,18). The molecule has 1 aromatic carbocycles. The van der Waals surface area contributed by atoms with Crippen LogP contribution in [0.5, 0.6) is 0 Å². The van der Waals surface area contributed by atoms with E-state index in [0.29, 0.717) is 15.6 Å². The van der Waals surface area contributed by atoms with Gasteiger partial charge in [-0.1, -0.05) is 11.6 Å². The number of sulfonamides is 1. The van der Waals surface area contributed by atoms with Gasteiger partial charge in [-0.15, -0.1) is 11.3 Å². The molecule has 1 heterocycles. The summed E-state index contributed by atoms with van der Waals surface area (Å²) in [6.45, 7) is 1.82. The Labute approximate surface area is 125 Å². The molecule has 0 aliphatic carbocycles. The van der Waals surface area contributed by atoms with Crippen molar-refractivity contribution in [1.82, 2.24) is 0 Å². The number of nitrogens with two attached hydrogens (primary N) is 1. The summed E-state index contributed by atoms with van der Waals surface area (Å²) in [5.41, 5.74) is 1.30. The van der Waals surface area contributed by atoms with E-state index < -0.39 is 10.0 Å². The van der Waals surface area contributed by atoms with Crippen LogP contribution in [0.1, 0.15) is 15.2 Å². The lowest BCUT2D eigenvalue weighted by Gasteiger charge is -2.05. The van der Waals surface area contributed by atoms with E-state index in [1.54, 1.807) is 5.38 Å². The number of amides is 1. The maximum absolute atomic E-state index is 12.0. The average Bonchev–Trinajstić information content (AvgIpc) is 2.69. The molecule has 8 heteroatoms. The fraction of sp³-hybridized carbons (Fsp3) is 0.0833. The molecule has 1 aromatic heterocycles.